The number of hydrogen-bond donors (Lipinski definition) is 1. The number of aromatic amines is 1. The topological polar surface area (TPSA) is 58.2 Å². The van der Waals surface area contributed by atoms with Crippen molar-refractivity contribution in [1.29, 1.82) is 0 Å². The van der Waals surface area contributed by atoms with Crippen molar-refractivity contribution >= 4 is 5.91 Å². The SMILES string of the molecule is Cc1cc(C)cc(OCCN(C)C(=O)c2nc(-c3ccccc3)[nH]c2C)c1. The van der Waals surface area contributed by atoms with Crippen LogP contribution in [0.25, 0.3) is 11.4 Å². The molecule has 3 rings (SSSR count). The lowest BCUT2D eigenvalue weighted by atomic mass is 10.1. The zero-order valence-corrected chi connectivity index (χ0v) is 16.2. The molecule has 0 bridgehead atoms. The summed E-state index contributed by atoms with van der Waals surface area (Å²) in [6, 6.07) is 15.9. The zero-order chi connectivity index (χ0) is 19.4. The number of nitrogens with zero attached hydrogens (tertiary/aromatic N) is 2. The number of hydrogen-bond acceptors (Lipinski definition) is 3. The lowest BCUT2D eigenvalue weighted by molar-refractivity contribution is 0.0768. The van der Waals surface area contributed by atoms with Crippen LogP contribution < -0.4 is 4.74 Å². The van der Waals surface area contributed by atoms with Crippen LogP contribution in [0.5, 0.6) is 5.75 Å². The van der Waals surface area contributed by atoms with Crippen molar-refractivity contribution in [2.24, 2.45) is 0 Å². The van der Waals surface area contributed by atoms with Crippen LogP contribution in [0, 0.1) is 20.8 Å². The highest BCUT2D eigenvalue weighted by Crippen LogP contribution is 2.19. The van der Waals surface area contributed by atoms with Gasteiger partial charge in [0.15, 0.2) is 0 Å². The average molecular weight is 363 g/mol. The number of rotatable bonds is 6. The Bertz CT molecular complexity index is 912. The smallest absolute Gasteiger partial charge is 0.274 e. The van der Waals surface area contributed by atoms with E-state index in [1.807, 2.05) is 63.2 Å². The van der Waals surface area contributed by atoms with Crippen LogP contribution in [-0.2, 0) is 0 Å². The van der Waals surface area contributed by atoms with Crippen molar-refractivity contribution in [1.82, 2.24) is 14.9 Å². The molecule has 0 unspecified atom stereocenters. The Morgan fingerprint density at radius 2 is 1.74 bits per heavy atom. The van der Waals surface area contributed by atoms with E-state index in [4.69, 9.17) is 4.74 Å². The lowest BCUT2D eigenvalue weighted by Crippen LogP contribution is -2.31. The first kappa shape index (κ1) is 18.7. The molecular formula is C22H25N3O2. The molecule has 0 aliphatic carbocycles. The summed E-state index contributed by atoms with van der Waals surface area (Å²) in [5.74, 6) is 1.42. The van der Waals surface area contributed by atoms with Gasteiger partial charge in [0, 0.05) is 18.3 Å². The summed E-state index contributed by atoms with van der Waals surface area (Å²) in [7, 11) is 1.77. The van der Waals surface area contributed by atoms with Gasteiger partial charge in [-0.05, 0) is 44.0 Å². The monoisotopic (exact) mass is 363 g/mol. The van der Waals surface area contributed by atoms with Crippen LogP contribution in [0.4, 0.5) is 0 Å². The first-order valence-electron chi connectivity index (χ1n) is 9.02. The van der Waals surface area contributed by atoms with E-state index in [9.17, 15) is 4.79 Å². The molecule has 1 aromatic heterocycles. The second-order valence-corrected chi connectivity index (χ2v) is 6.82. The van der Waals surface area contributed by atoms with E-state index in [0.717, 1.165) is 28.1 Å². The molecule has 5 nitrogen and oxygen atoms in total. The molecule has 1 heterocycles. The number of benzene rings is 2. The Labute approximate surface area is 160 Å². The van der Waals surface area contributed by atoms with Gasteiger partial charge < -0.3 is 14.6 Å². The van der Waals surface area contributed by atoms with Crippen LogP contribution in [0.2, 0.25) is 0 Å². The second kappa shape index (κ2) is 8.08. The molecule has 3 aromatic rings. The predicted molar refractivity (Wildman–Crippen MR) is 107 cm³/mol. The first-order chi connectivity index (χ1) is 12.9. The Kier molecular flexibility index (Phi) is 5.60. The Morgan fingerprint density at radius 1 is 1.07 bits per heavy atom. The fourth-order valence-corrected chi connectivity index (χ4v) is 3.00. The molecule has 0 fully saturated rings. The molecule has 0 radical (unpaired) electrons. The number of carbonyl (C=O) groups excluding carboxylic acids is 1. The number of aryl methyl sites for hydroxylation is 3. The molecule has 0 saturated heterocycles. The molecule has 0 aliphatic rings. The Hall–Kier alpha value is -3.08. The van der Waals surface area contributed by atoms with Crippen LogP contribution in [0.1, 0.15) is 27.3 Å². The van der Waals surface area contributed by atoms with Crippen molar-refractivity contribution in [2.75, 3.05) is 20.2 Å². The van der Waals surface area contributed by atoms with Crippen LogP contribution in [-0.4, -0.2) is 41.0 Å². The van der Waals surface area contributed by atoms with E-state index < -0.39 is 0 Å². The third-order valence-corrected chi connectivity index (χ3v) is 4.37. The lowest BCUT2D eigenvalue weighted by Gasteiger charge is -2.17. The van der Waals surface area contributed by atoms with Gasteiger partial charge in [0.1, 0.15) is 23.9 Å². The van der Waals surface area contributed by atoms with E-state index in [1.54, 1.807) is 11.9 Å². The maximum absolute atomic E-state index is 12.7. The number of aromatic nitrogens is 2. The fourth-order valence-electron chi connectivity index (χ4n) is 3.00. The molecule has 5 heteroatoms. The molecule has 1 N–H and O–H groups in total. The van der Waals surface area contributed by atoms with E-state index in [2.05, 4.69) is 16.0 Å². The molecule has 0 atom stereocenters. The van der Waals surface area contributed by atoms with Crippen molar-refractivity contribution in [3.63, 3.8) is 0 Å². The summed E-state index contributed by atoms with van der Waals surface area (Å²) in [5, 5.41) is 0. The van der Waals surface area contributed by atoms with Crippen molar-refractivity contribution in [3.8, 4) is 17.1 Å². The minimum Gasteiger partial charge on any atom is -0.492 e. The fraction of sp³-hybridized carbons (Fsp3) is 0.273. The Balaban J connectivity index is 1.63. The van der Waals surface area contributed by atoms with Gasteiger partial charge in [0.2, 0.25) is 0 Å². The number of likely N-dealkylation sites (N-methyl/N-ethyl adjacent to an activating group) is 1. The molecule has 0 saturated carbocycles. The highest BCUT2D eigenvalue weighted by molar-refractivity contribution is 5.94. The van der Waals surface area contributed by atoms with Gasteiger partial charge in [0.25, 0.3) is 5.91 Å². The number of amides is 1. The minimum absolute atomic E-state index is 0.116. The van der Waals surface area contributed by atoms with E-state index in [1.165, 1.54) is 0 Å². The molecular weight excluding hydrogens is 338 g/mol. The average Bonchev–Trinajstić information content (AvgIpc) is 3.02. The summed E-state index contributed by atoms with van der Waals surface area (Å²) < 4.78 is 5.81. The Morgan fingerprint density at radius 3 is 2.41 bits per heavy atom. The van der Waals surface area contributed by atoms with E-state index in [-0.39, 0.29) is 5.91 Å². The van der Waals surface area contributed by atoms with Gasteiger partial charge in [-0.1, -0.05) is 36.4 Å². The number of carbonyl (C=O) groups is 1. The van der Waals surface area contributed by atoms with Gasteiger partial charge in [-0.15, -0.1) is 0 Å². The normalized spacial score (nSPS) is 10.7. The summed E-state index contributed by atoms with van der Waals surface area (Å²) >= 11 is 0. The molecule has 1 amide bonds. The third-order valence-electron chi connectivity index (χ3n) is 4.37. The summed E-state index contributed by atoms with van der Waals surface area (Å²) in [5.41, 5.74) is 4.49. The van der Waals surface area contributed by atoms with Gasteiger partial charge in [-0.3, -0.25) is 4.79 Å². The molecule has 27 heavy (non-hydrogen) atoms. The van der Waals surface area contributed by atoms with Crippen LogP contribution in [0.15, 0.2) is 48.5 Å². The van der Waals surface area contributed by atoms with Gasteiger partial charge in [0.05, 0.1) is 6.54 Å². The highest BCUT2D eigenvalue weighted by atomic mass is 16.5. The first-order valence-corrected chi connectivity index (χ1v) is 9.02. The van der Waals surface area contributed by atoms with E-state index in [0.29, 0.717) is 24.7 Å². The molecule has 140 valence electrons. The summed E-state index contributed by atoms with van der Waals surface area (Å²) in [4.78, 5) is 22.1. The molecule has 2 aromatic carbocycles. The van der Waals surface area contributed by atoms with Gasteiger partial charge >= 0.3 is 0 Å². The number of ether oxygens (including phenoxy) is 1. The third kappa shape index (κ3) is 4.56. The van der Waals surface area contributed by atoms with E-state index >= 15 is 0 Å². The quantitative estimate of drug-likeness (QED) is 0.716. The van der Waals surface area contributed by atoms with Crippen molar-refractivity contribution in [3.05, 3.63) is 71.0 Å². The van der Waals surface area contributed by atoms with Crippen LogP contribution in [0.3, 0.4) is 0 Å². The molecule has 0 aliphatic heterocycles. The standard InChI is InChI=1S/C22H25N3O2/c1-15-12-16(2)14-19(13-15)27-11-10-25(4)22(26)20-17(3)23-21(24-20)18-8-6-5-7-9-18/h5-9,12-14H,10-11H2,1-4H3,(H,23,24). The highest BCUT2D eigenvalue weighted by Gasteiger charge is 2.19. The second-order valence-electron chi connectivity index (χ2n) is 6.82. The zero-order valence-electron chi connectivity index (χ0n) is 16.2. The number of imidazole rings is 1. The summed E-state index contributed by atoms with van der Waals surface area (Å²) in [6.07, 6.45) is 0. The van der Waals surface area contributed by atoms with Crippen LogP contribution >= 0.6 is 0 Å². The minimum atomic E-state index is -0.116. The van der Waals surface area contributed by atoms with Gasteiger partial charge in [-0.2, -0.15) is 0 Å². The maximum Gasteiger partial charge on any atom is 0.274 e. The van der Waals surface area contributed by atoms with Crippen molar-refractivity contribution < 1.29 is 9.53 Å². The molecule has 0 spiro atoms. The predicted octanol–water partition coefficient (Wildman–Crippen LogP) is 4.15. The largest absolute Gasteiger partial charge is 0.492 e. The van der Waals surface area contributed by atoms with Crippen molar-refractivity contribution in [2.45, 2.75) is 20.8 Å². The number of H-pyrrole nitrogens is 1. The number of nitrogens with one attached hydrogen (secondary N) is 1. The summed E-state index contributed by atoms with van der Waals surface area (Å²) in [6.45, 7) is 6.87. The maximum atomic E-state index is 12.7. The van der Waals surface area contributed by atoms with Gasteiger partial charge in [-0.25, -0.2) is 4.98 Å².